The summed E-state index contributed by atoms with van der Waals surface area (Å²) in [5.41, 5.74) is 5.31. The van der Waals surface area contributed by atoms with Crippen molar-refractivity contribution in [1.29, 1.82) is 0 Å². The van der Waals surface area contributed by atoms with E-state index in [-0.39, 0.29) is 23.1 Å². The molecule has 0 atom stereocenters. The Labute approximate surface area is 111 Å². The number of thiazole rings is 1. The third-order valence-corrected chi connectivity index (χ3v) is 3.17. The fraction of sp³-hybridized carbons (Fsp3) is 0.100. The molecule has 0 aliphatic carbocycles. The molecule has 0 spiro atoms. The Morgan fingerprint density at radius 3 is 2.94 bits per heavy atom. The van der Waals surface area contributed by atoms with Crippen molar-refractivity contribution < 1.29 is 9.66 Å². The van der Waals surface area contributed by atoms with Crippen LogP contribution in [0.4, 0.5) is 10.8 Å². The molecule has 94 valence electrons. The van der Waals surface area contributed by atoms with Crippen molar-refractivity contribution in [1.82, 2.24) is 4.98 Å². The van der Waals surface area contributed by atoms with Crippen LogP contribution >= 0.6 is 22.9 Å². The molecule has 0 bridgehead atoms. The zero-order chi connectivity index (χ0) is 13.1. The number of nitrogens with two attached hydrogens (primary N) is 1. The Morgan fingerprint density at radius 1 is 1.56 bits per heavy atom. The van der Waals surface area contributed by atoms with Crippen LogP contribution in [0.25, 0.3) is 0 Å². The lowest BCUT2D eigenvalue weighted by molar-refractivity contribution is -0.385. The van der Waals surface area contributed by atoms with Gasteiger partial charge < -0.3 is 10.5 Å². The van der Waals surface area contributed by atoms with E-state index in [0.29, 0.717) is 5.13 Å². The van der Waals surface area contributed by atoms with E-state index in [2.05, 4.69) is 4.98 Å². The highest BCUT2D eigenvalue weighted by atomic mass is 35.5. The Bertz CT molecular complexity index is 587. The summed E-state index contributed by atoms with van der Waals surface area (Å²) in [6.07, 6.45) is 1.56. The molecule has 0 amide bonds. The van der Waals surface area contributed by atoms with E-state index in [1.807, 2.05) is 0 Å². The first-order valence-electron chi connectivity index (χ1n) is 4.84. The lowest BCUT2D eigenvalue weighted by Crippen LogP contribution is -1.98. The second kappa shape index (κ2) is 5.19. The van der Waals surface area contributed by atoms with Gasteiger partial charge >= 0.3 is 5.69 Å². The molecule has 2 N–H and O–H groups in total. The van der Waals surface area contributed by atoms with Gasteiger partial charge in [0.05, 0.1) is 14.8 Å². The fourth-order valence-corrected chi connectivity index (χ4v) is 2.14. The summed E-state index contributed by atoms with van der Waals surface area (Å²) in [4.78, 5) is 14.9. The molecule has 0 radical (unpaired) electrons. The molecule has 0 saturated heterocycles. The van der Waals surface area contributed by atoms with Gasteiger partial charge in [0.25, 0.3) is 0 Å². The molecule has 18 heavy (non-hydrogen) atoms. The zero-order valence-corrected chi connectivity index (χ0v) is 10.6. The van der Waals surface area contributed by atoms with Crippen LogP contribution < -0.4 is 10.5 Å². The third kappa shape index (κ3) is 2.69. The number of nitrogens with zero attached hydrogens (tertiary/aromatic N) is 2. The van der Waals surface area contributed by atoms with Crippen LogP contribution in [0.1, 0.15) is 4.88 Å². The minimum atomic E-state index is -0.539. The first-order chi connectivity index (χ1) is 8.58. The molecular formula is C10H8ClN3O3S. The van der Waals surface area contributed by atoms with Crippen LogP contribution in [0.3, 0.4) is 0 Å². The Balaban J connectivity index is 2.20. The molecule has 1 aromatic heterocycles. The zero-order valence-electron chi connectivity index (χ0n) is 9.00. The molecule has 0 unspecified atom stereocenters. The average Bonchev–Trinajstić information content (AvgIpc) is 2.73. The van der Waals surface area contributed by atoms with E-state index in [1.165, 1.54) is 29.5 Å². The van der Waals surface area contributed by atoms with Gasteiger partial charge in [0.2, 0.25) is 5.75 Å². The summed E-state index contributed by atoms with van der Waals surface area (Å²) in [6, 6.07) is 4.37. The summed E-state index contributed by atoms with van der Waals surface area (Å²) in [6.45, 7) is 0.138. The molecular weight excluding hydrogens is 278 g/mol. The molecule has 1 heterocycles. The maximum atomic E-state index is 10.8. The first-order valence-corrected chi connectivity index (χ1v) is 6.03. The van der Waals surface area contributed by atoms with E-state index in [4.69, 9.17) is 22.1 Å². The van der Waals surface area contributed by atoms with Crippen molar-refractivity contribution in [3.05, 3.63) is 44.4 Å². The number of nitro groups is 1. The average molecular weight is 286 g/mol. The van der Waals surface area contributed by atoms with Gasteiger partial charge in [0.15, 0.2) is 5.13 Å². The predicted octanol–water partition coefficient (Wildman–Crippen LogP) is 2.87. The largest absolute Gasteiger partial charge is 0.480 e. The second-order valence-electron chi connectivity index (χ2n) is 3.30. The smallest absolute Gasteiger partial charge is 0.312 e. The monoisotopic (exact) mass is 285 g/mol. The van der Waals surface area contributed by atoms with Gasteiger partial charge in [-0.3, -0.25) is 10.1 Å². The number of nitrogen functional groups attached to an aromatic ring is 1. The molecule has 1 aromatic carbocycles. The molecule has 0 aliphatic heterocycles. The summed E-state index contributed by atoms with van der Waals surface area (Å²) >= 11 is 7.13. The fourth-order valence-electron chi connectivity index (χ4n) is 1.32. The highest BCUT2D eigenvalue weighted by Gasteiger charge is 2.18. The van der Waals surface area contributed by atoms with Crippen LogP contribution in [0.15, 0.2) is 24.4 Å². The SMILES string of the molecule is Nc1ncc(COc2c(Cl)cccc2[N+](=O)[O-])s1. The van der Waals surface area contributed by atoms with E-state index < -0.39 is 4.92 Å². The Hall–Kier alpha value is -1.86. The predicted molar refractivity (Wildman–Crippen MR) is 69.0 cm³/mol. The number of para-hydroxylation sites is 1. The van der Waals surface area contributed by atoms with Gasteiger partial charge in [-0.1, -0.05) is 29.0 Å². The minimum Gasteiger partial charge on any atom is -0.480 e. The van der Waals surface area contributed by atoms with Crippen molar-refractivity contribution in [3.63, 3.8) is 0 Å². The normalized spacial score (nSPS) is 10.3. The van der Waals surface area contributed by atoms with E-state index in [0.717, 1.165) is 4.88 Å². The summed E-state index contributed by atoms with van der Waals surface area (Å²) < 4.78 is 5.37. The lowest BCUT2D eigenvalue weighted by Gasteiger charge is -2.06. The van der Waals surface area contributed by atoms with Crippen LogP contribution in [-0.4, -0.2) is 9.91 Å². The molecule has 6 nitrogen and oxygen atoms in total. The molecule has 2 rings (SSSR count). The number of aromatic nitrogens is 1. The van der Waals surface area contributed by atoms with Gasteiger partial charge in [-0.15, -0.1) is 0 Å². The van der Waals surface area contributed by atoms with Gasteiger partial charge in [0, 0.05) is 12.3 Å². The minimum absolute atomic E-state index is 0.0520. The lowest BCUT2D eigenvalue weighted by atomic mass is 10.3. The van der Waals surface area contributed by atoms with Gasteiger partial charge in [-0.25, -0.2) is 4.98 Å². The Kier molecular flexibility index (Phi) is 3.63. The number of hydrogen-bond acceptors (Lipinski definition) is 6. The van der Waals surface area contributed by atoms with Crippen LogP contribution in [-0.2, 0) is 6.61 Å². The quantitative estimate of drug-likeness (QED) is 0.689. The van der Waals surface area contributed by atoms with Crippen LogP contribution in [0.2, 0.25) is 5.02 Å². The third-order valence-electron chi connectivity index (χ3n) is 2.07. The maximum absolute atomic E-state index is 10.8. The van der Waals surface area contributed by atoms with E-state index >= 15 is 0 Å². The summed E-state index contributed by atoms with van der Waals surface area (Å²) in [5.74, 6) is 0.0520. The topological polar surface area (TPSA) is 91.3 Å². The standard InChI is InChI=1S/C10H8ClN3O3S/c11-7-2-1-3-8(14(15)16)9(7)17-5-6-4-13-10(12)18-6/h1-4H,5H2,(H2,12,13). The van der Waals surface area contributed by atoms with Crippen molar-refractivity contribution in [3.8, 4) is 5.75 Å². The molecule has 0 fully saturated rings. The molecule has 2 aromatic rings. The number of ether oxygens (including phenoxy) is 1. The molecule has 0 saturated carbocycles. The molecule has 8 heteroatoms. The number of nitro benzene ring substituents is 1. The second-order valence-corrected chi connectivity index (χ2v) is 4.85. The van der Waals surface area contributed by atoms with Crippen LogP contribution in [0.5, 0.6) is 5.75 Å². The number of hydrogen-bond donors (Lipinski definition) is 1. The Morgan fingerprint density at radius 2 is 2.33 bits per heavy atom. The van der Waals surface area contributed by atoms with Crippen molar-refractivity contribution in [2.45, 2.75) is 6.61 Å². The highest BCUT2D eigenvalue weighted by Crippen LogP contribution is 2.35. The summed E-state index contributed by atoms with van der Waals surface area (Å²) in [5, 5.41) is 11.4. The van der Waals surface area contributed by atoms with Crippen molar-refractivity contribution in [2.24, 2.45) is 0 Å². The van der Waals surface area contributed by atoms with Crippen molar-refractivity contribution in [2.75, 3.05) is 5.73 Å². The van der Waals surface area contributed by atoms with E-state index in [1.54, 1.807) is 6.20 Å². The maximum Gasteiger partial charge on any atom is 0.312 e. The number of halogens is 1. The van der Waals surface area contributed by atoms with Crippen LogP contribution in [0, 0.1) is 10.1 Å². The van der Waals surface area contributed by atoms with Gasteiger partial charge in [0.1, 0.15) is 6.61 Å². The van der Waals surface area contributed by atoms with Crippen molar-refractivity contribution >= 4 is 33.8 Å². The van der Waals surface area contributed by atoms with E-state index in [9.17, 15) is 10.1 Å². The number of benzene rings is 1. The van der Waals surface area contributed by atoms with Gasteiger partial charge in [-0.05, 0) is 6.07 Å². The highest BCUT2D eigenvalue weighted by molar-refractivity contribution is 7.15. The van der Waals surface area contributed by atoms with Gasteiger partial charge in [-0.2, -0.15) is 0 Å². The molecule has 0 aliphatic rings. The number of rotatable bonds is 4. The first kappa shape index (κ1) is 12.6. The summed E-state index contributed by atoms with van der Waals surface area (Å²) in [7, 11) is 0. The number of anilines is 1.